The summed E-state index contributed by atoms with van der Waals surface area (Å²) in [6.07, 6.45) is 3.06. The first-order valence-electron chi connectivity index (χ1n) is 5.71. The third kappa shape index (κ3) is 2.49. The molecule has 2 atom stereocenters. The van der Waals surface area contributed by atoms with E-state index in [2.05, 4.69) is 12.2 Å². The van der Waals surface area contributed by atoms with Crippen LogP contribution in [-0.2, 0) is 4.79 Å². The van der Waals surface area contributed by atoms with E-state index in [0.29, 0.717) is 10.9 Å². The van der Waals surface area contributed by atoms with Gasteiger partial charge >= 0.3 is 5.97 Å². The zero-order valence-corrected chi connectivity index (χ0v) is 10.4. The maximum Gasteiger partial charge on any atom is 0.338 e. The Balaban J connectivity index is 2.07. The van der Waals surface area contributed by atoms with Gasteiger partial charge in [-0.3, -0.25) is 4.79 Å². The molecule has 0 bridgehead atoms. The second-order valence-corrected chi connectivity index (χ2v) is 5.39. The average Bonchev–Trinajstić information content (AvgIpc) is 2.86. The molecular formula is C12H15NO3S. The molecule has 1 aliphatic carbocycles. The minimum absolute atomic E-state index is 0.0266. The molecule has 92 valence electrons. The second-order valence-electron chi connectivity index (χ2n) is 4.47. The molecule has 1 aromatic rings. The normalized spacial score (nSPS) is 23.6. The zero-order chi connectivity index (χ0) is 12.4. The van der Waals surface area contributed by atoms with Gasteiger partial charge in [-0.05, 0) is 30.2 Å². The number of aromatic carboxylic acids is 1. The van der Waals surface area contributed by atoms with Gasteiger partial charge in [-0.2, -0.15) is 0 Å². The highest BCUT2D eigenvalue weighted by Gasteiger charge is 2.30. The van der Waals surface area contributed by atoms with Crippen LogP contribution in [0.25, 0.3) is 0 Å². The van der Waals surface area contributed by atoms with Crippen LogP contribution in [0.3, 0.4) is 0 Å². The molecule has 2 unspecified atom stereocenters. The molecule has 0 spiro atoms. The van der Waals surface area contributed by atoms with Crippen molar-refractivity contribution >= 4 is 28.2 Å². The summed E-state index contributed by atoms with van der Waals surface area (Å²) in [6, 6.07) is 1.51. The van der Waals surface area contributed by atoms with Gasteiger partial charge < -0.3 is 10.4 Å². The molecule has 0 aliphatic heterocycles. The number of anilines is 1. The number of carbonyl (C=O) groups excluding carboxylic acids is 1. The summed E-state index contributed by atoms with van der Waals surface area (Å²) < 4.78 is 0. The summed E-state index contributed by atoms with van der Waals surface area (Å²) >= 11 is 1.25. The Morgan fingerprint density at radius 1 is 1.47 bits per heavy atom. The lowest BCUT2D eigenvalue weighted by atomic mass is 9.97. The molecule has 0 saturated heterocycles. The van der Waals surface area contributed by atoms with Crippen molar-refractivity contribution in [2.24, 2.45) is 11.8 Å². The molecule has 5 heteroatoms. The predicted molar refractivity (Wildman–Crippen MR) is 66.4 cm³/mol. The van der Waals surface area contributed by atoms with Crippen molar-refractivity contribution in [2.45, 2.75) is 26.2 Å². The first-order chi connectivity index (χ1) is 8.09. The predicted octanol–water partition coefficient (Wildman–Crippen LogP) is 2.82. The van der Waals surface area contributed by atoms with Crippen LogP contribution < -0.4 is 5.32 Å². The van der Waals surface area contributed by atoms with Crippen LogP contribution in [-0.4, -0.2) is 17.0 Å². The second kappa shape index (κ2) is 4.87. The van der Waals surface area contributed by atoms with Crippen LogP contribution in [0.2, 0.25) is 0 Å². The molecule has 2 N–H and O–H groups in total. The van der Waals surface area contributed by atoms with Gasteiger partial charge in [0, 0.05) is 5.92 Å². The zero-order valence-electron chi connectivity index (χ0n) is 9.60. The van der Waals surface area contributed by atoms with Crippen molar-refractivity contribution in [1.29, 1.82) is 0 Å². The minimum Gasteiger partial charge on any atom is -0.478 e. The number of amides is 1. The number of nitrogens with one attached hydrogen (secondary N) is 1. The van der Waals surface area contributed by atoms with Crippen LogP contribution in [0.15, 0.2) is 11.4 Å². The first kappa shape index (κ1) is 12.1. The van der Waals surface area contributed by atoms with Gasteiger partial charge in [-0.25, -0.2) is 4.79 Å². The van der Waals surface area contributed by atoms with Gasteiger partial charge in [0.05, 0.1) is 5.56 Å². The Labute approximate surface area is 104 Å². The fourth-order valence-corrected chi connectivity index (χ4v) is 3.10. The van der Waals surface area contributed by atoms with E-state index in [1.165, 1.54) is 17.4 Å². The Hall–Kier alpha value is -1.36. The van der Waals surface area contributed by atoms with E-state index >= 15 is 0 Å². The molecule has 1 aliphatic rings. The third-order valence-corrected chi connectivity index (χ3v) is 4.16. The standard InChI is InChI=1S/C12H15NO3S/c1-7-3-2-4-8(7)10(14)13-11-9(12(15)16)5-6-17-11/h5-8H,2-4H2,1H3,(H,13,14)(H,15,16). The highest BCUT2D eigenvalue weighted by molar-refractivity contribution is 7.14. The van der Waals surface area contributed by atoms with Crippen LogP contribution >= 0.6 is 11.3 Å². The SMILES string of the molecule is CC1CCCC1C(=O)Nc1sccc1C(=O)O. The molecule has 1 amide bonds. The lowest BCUT2D eigenvalue weighted by Crippen LogP contribution is -2.24. The third-order valence-electron chi connectivity index (χ3n) is 3.33. The van der Waals surface area contributed by atoms with E-state index in [1.54, 1.807) is 5.38 Å². The highest BCUT2D eigenvalue weighted by Crippen LogP contribution is 2.33. The van der Waals surface area contributed by atoms with Gasteiger partial charge in [0.15, 0.2) is 0 Å². The maximum absolute atomic E-state index is 12.0. The lowest BCUT2D eigenvalue weighted by Gasteiger charge is -2.14. The van der Waals surface area contributed by atoms with E-state index in [4.69, 9.17) is 5.11 Å². The van der Waals surface area contributed by atoms with E-state index in [-0.39, 0.29) is 17.4 Å². The number of carboxylic acid groups (broad SMARTS) is 1. The monoisotopic (exact) mass is 253 g/mol. The van der Waals surface area contributed by atoms with Crippen LogP contribution in [0.5, 0.6) is 0 Å². The van der Waals surface area contributed by atoms with Crippen molar-refractivity contribution < 1.29 is 14.7 Å². The Morgan fingerprint density at radius 3 is 2.82 bits per heavy atom. The van der Waals surface area contributed by atoms with E-state index in [0.717, 1.165) is 19.3 Å². The molecule has 0 aromatic carbocycles. The average molecular weight is 253 g/mol. The molecule has 1 heterocycles. The summed E-state index contributed by atoms with van der Waals surface area (Å²) in [5.41, 5.74) is 0.175. The van der Waals surface area contributed by atoms with Gasteiger partial charge in [0.1, 0.15) is 5.00 Å². The quantitative estimate of drug-likeness (QED) is 0.870. The summed E-state index contributed by atoms with van der Waals surface area (Å²) in [5, 5.41) is 13.8. The van der Waals surface area contributed by atoms with Gasteiger partial charge in [-0.1, -0.05) is 13.3 Å². The molecule has 1 fully saturated rings. The molecule has 1 aromatic heterocycles. The van der Waals surface area contributed by atoms with Crippen molar-refractivity contribution in [2.75, 3.05) is 5.32 Å². The Kier molecular flexibility index (Phi) is 3.47. The Morgan fingerprint density at radius 2 is 2.24 bits per heavy atom. The maximum atomic E-state index is 12.0. The van der Waals surface area contributed by atoms with E-state index < -0.39 is 5.97 Å². The largest absolute Gasteiger partial charge is 0.478 e. The molecule has 17 heavy (non-hydrogen) atoms. The number of hydrogen-bond donors (Lipinski definition) is 2. The smallest absolute Gasteiger partial charge is 0.338 e. The van der Waals surface area contributed by atoms with Gasteiger partial charge in [-0.15, -0.1) is 11.3 Å². The molecule has 1 saturated carbocycles. The highest BCUT2D eigenvalue weighted by atomic mass is 32.1. The summed E-state index contributed by atoms with van der Waals surface area (Å²) in [6.45, 7) is 2.07. The van der Waals surface area contributed by atoms with Gasteiger partial charge in [0.25, 0.3) is 0 Å². The number of rotatable bonds is 3. The van der Waals surface area contributed by atoms with Crippen molar-refractivity contribution in [3.8, 4) is 0 Å². The van der Waals surface area contributed by atoms with E-state index in [9.17, 15) is 9.59 Å². The fourth-order valence-electron chi connectivity index (χ4n) is 2.31. The van der Waals surface area contributed by atoms with Crippen LogP contribution in [0.1, 0.15) is 36.5 Å². The lowest BCUT2D eigenvalue weighted by molar-refractivity contribution is -0.120. The summed E-state index contributed by atoms with van der Waals surface area (Å²) in [4.78, 5) is 22.9. The molecular weight excluding hydrogens is 238 g/mol. The summed E-state index contributed by atoms with van der Waals surface area (Å²) in [7, 11) is 0. The summed E-state index contributed by atoms with van der Waals surface area (Å²) in [5.74, 6) is -0.622. The van der Waals surface area contributed by atoms with Gasteiger partial charge in [0.2, 0.25) is 5.91 Å². The van der Waals surface area contributed by atoms with Crippen LogP contribution in [0, 0.1) is 11.8 Å². The van der Waals surface area contributed by atoms with Crippen molar-refractivity contribution in [3.63, 3.8) is 0 Å². The Bertz CT molecular complexity index is 441. The molecule has 0 radical (unpaired) electrons. The number of thiophene rings is 1. The van der Waals surface area contributed by atoms with Crippen LogP contribution in [0.4, 0.5) is 5.00 Å². The number of carbonyl (C=O) groups is 2. The molecule has 2 rings (SSSR count). The first-order valence-corrected chi connectivity index (χ1v) is 6.59. The van der Waals surface area contributed by atoms with Crippen molar-refractivity contribution in [3.05, 3.63) is 17.0 Å². The minimum atomic E-state index is -0.999. The number of hydrogen-bond acceptors (Lipinski definition) is 3. The van der Waals surface area contributed by atoms with E-state index in [1.807, 2.05) is 0 Å². The number of carboxylic acids is 1. The van der Waals surface area contributed by atoms with Crippen molar-refractivity contribution in [1.82, 2.24) is 0 Å². The topological polar surface area (TPSA) is 66.4 Å². The fraction of sp³-hybridized carbons (Fsp3) is 0.500. The molecule has 4 nitrogen and oxygen atoms in total.